The Kier molecular flexibility index (Phi) is 4.12. The Morgan fingerprint density at radius 1 is 1.23 bits per heavy atom. The number of carbonyl (C=O) groups excluding carboxylic acids is 3. The summed E-state index contributed by atoms with van der Waals surface area (Å²) < 4.78 is 5.25. The van der Waals surface area contributed by atoms with Gasteiger partial charge in [-0.25, -0.2) is 0 Å². The molecule has 1 aliphatic carbocycles. The first kappa shape index (κ1) is 15.5. The Hall–Kier alpha value is -2.89. The molecule has 0 spiro atoms. The molecule has 0 atom stereocenters. The number of ketones is 2. The zero-order valence-corrected chi connectivity index (χ0v) is 12.5. The van der Waals surface area contributed by atoms with Crippen molar-refractivity contribution in [1.29, 1.82) is 0 Å². The number of benzene rings is 1. The van der Waals surface area contributed by atoms with Crippen LogP contribution in [0.2, 0.25) is 0 Å². The molecule has 1 amide bonds. The lowest BCUT2D eigenvalue weighted by molar-refractivity contribution is -0.118. The molecule has 0 fully saturated rings. The summed E-state index contributed by atoms with van der Waals surface area (Å²) in [5, 5.41) is 0. The molecule has 0 unspecified atom stereocenters. The van der Waals surface area contributed by atoms with E-state index in [2.05, 4.69) is 0 Å². The Bertz CT molecular complexity index is 732. The first-order valence-corrected chi connectivity index (χ1v) is 6.58. The van der Waals surface area contributed by atoms with Crippen LogP contribution in [-0.2, 0) is 14.4 Å². The molecule has 22 heavy (non-hydrogen) atoms. The highest BCUT2D eigenvalue weighted by Crippen LogP contribution is 2.35. The molecule has 0 saturated carbocycles. The number of methoxy groups -OCH3 is 1. The van der Waals surface area contributed by atoms with Crippen molar-refractivity contribution < 1.29 is 19.1 Å². The molecule has 1 aromatic rings. The van der Waals surface area contributed by atoms with E-state index in [1.54, 1.807) is 19.1 Å². The lowest BCUT2D eigenvalue weighted by atomic mass is 10.1. The van der Waals surface area contributed by atoms with Crippen LogP contribution in [0.25, 0.3) is 0 Å². The third kappa shape index (κ3) is 2.76. The standard InChI is InChI=1S/C16H16N2O4/c1-9-6-14(16(22-3)8-12(9)17)18(10(2)19)13-7-11(20)4-5-15(13)21/h4-8H,17H2,1-3H3. The van der Waals surface area contributed by atoms with Gasteiger partial charge in [-0.15, -0.1) is 0 Å². The molecule has 2 N–H and O–H groups in total. The number of carbonyl (C=O) groups is 3. The van der Waals surface area contributed by atoms with Crippen LogP contribution in [0.1, 0.15) is 12.5 Å². The summed E-state index contributed by atoms with van der Waals surface area (Å²) >= 11 is 0. The van der Waals surface area contributed by atoms with Crippen LogP contribution in [0, 0.1) is 6.92 Å². The van der Waals surface area contributed by atoms with E-state index in [9.17, 15) is 14.4 Å². The van der Waals surface area contributed by atoms with Crippen molar-refractivity contribution in [2.75, 3.05) is 17.7 Å². The van der Waals surface area contributed by atoms with Crippen molar-refractivity contribution in [2.45, 2.75) is 13.8 Å². The normalized spacial score (nSPS) is 13.9. The number of nitrogens with two attached hydrogens (primary N) is 1. The minimum atomic E-state index is -0.425. The predicted octanol–water partition coefficient (Wildman–Crippen LogP) is 1.53. The number of ether oxygens (including phenoxy) is 1. The molecule has 1 aliphatic rings. The van der Waals surface area contributed by atoms with E-state index < -0.39 is 11.7 Å². The highest BCUT2D eigenvalue weighted by Gasteiger charge is 2.27. The van der Waals surface area contributed by atoms with E-state index in [0.717, 1.165) is 28.7 Å². The first-order chi connectivity index (χ1) is 10.3. The van der Waals surface area contributed by atoms with Gasteiger partial charge in [0.2, 0.25) is 11.7 Å². The topological polar surface area (TPSA) is 89.7 Å². The summed E-state index contributed by atoms with van der Waals surface area (Å²) in [6.07, 6.45) is 3.44. The Morgan fingerprint density at radius 3 is 2.50 bits per heavy atom. The molecule has 0 aliphatic heterocycles. The first-order valence-electron chi connectivity index (χ1n) is 6.58. The SMILES string of the molecule is COc1cc(N)c(C)cc1N(C(C)=O)C1=CC(=O)C=CC1=O. The van der Waals surface area contributed by atoms with Gasteiger partial charge in [-0.3, -0.25) is 19.3 Å². The molecule has 0 radical (unpaired) electrons. The van der Waals surface area contributed by atoms with Crippen LogP contribution >= 0.6 is 0 Å². The van der Waals surface area contributed by atoms with E-state index in [0.29, 0.717) is 17.1 Å². The lowest BCUT2D eigenvalue weighted by Gasteiger charge is -2.26. The summed E-state index contributed by atoms with van der Waals surface area (Å²) in [7, 11) is 1.44. The Morgan fingerprint density at radius 2 is 1.91 bits per heavy atom. The number of hydrogen-bond donors (Lipinski definition) is 1. The molecule has 1 aromatic carbocycles. The van der Waals surface area contributed by atoms with Crippen LogP contribution in [0.15, 0.2) is 36.1 Å². The average Bonchev–Trinajstić information content (AvgIpc) is 2.46. The molecule has 6 nitrogen and oxygen atoms in total. The maximum atomic E-state index is 12.1. The number of hydrogen-bond acceptors (Lipinski definition) is 5. The van der Waals surface area contributed by atoms with Gasteiger partial charge in [0.25, 0.3) is 0 Å². The van der Waals surface area contributed by atoms with Gasteiger partial charge in [0.1, 0.15) is 11.4 Å². The summed E-state index contributed by atoms with van der Waals surface area (Å²) in [6, 6.07) is 3.22. The van der Waals surface area contributed by atoms with Crippen LogP contribution < -0.4 is 15.4 Å². The molecule has 114 valence electrons. The maximum absolute atomic E-state index is 12.1. The predicted molar refractivity (Wildman–Crippen MR) is 82.5 cm³/mol. The number of allylic oxidation sites excluding steroid dienone is 3. The highest BCUT2D eigenvalue weighted by atomic mass is 16.5. The maximum Gasteiger partial charge on any atom is 0.228 e. The smallest absolute Gasteiger partial charge is 0.228 e. The van der Waals surface area contributed by atoms with Gasteiger partial charge in [0.15, 0.2) is 5.78 Å². The Labute approximate surface area is 127 Å². The zero-order chi connectivity index (χ0) is 16.4. The van der Waals surface area contributed by atoms with Gasteiger partial charge in [-0.2, -0.15) is 0 Å². The van der Waals surface area contributed by atoms with Crippen molar-refractivity contribution >= 4 is 28.8 Å². The van der Waals surface area contributed by atoms with Crippen molar-refractivity contribution in [3.63, 3.8) is 0 Å². The van der Waals surface area contributed by atoms with E-state index in [1.165, 1.54) is 14.0 Å². The van der Waals surface area contributed by atoms with E-state index >= 15 is 0 Å². The van der Waals surface area contributed by atoms with Gasteiger partial charge in [0.05, 0.1) is 12.8 Å². The molecule has 0 saturated heterocycles. The largest absolute Gasteiger partial charge is 0.494 e. The summed E-state index contributed by atoms with van der Waals surface area (Å²) in [5.74, 6) is -0.850. The zero-order valence-electron chi connectivity index (χ0n) is 12.5. The monoisotopic (exact) mass is 300 g/mol. The molecule has 6 heteroatoms. The molecular weight excluding hydrogens is 284 g/mol. The van der Waals surface area contributed by atoms with Gasteiger partial charge in [-0.1, -0.05) is 0 Å². The van der Waals surface area contributed by atoms with Gasteiger partial charge >= 0.3 is 0 Å². The summed E-state index contributed by atoms with van der Waals surface area (Å²) in [4.78, 5) is 36.8. The number of rotatable bonds is 3. The van der Waals surface area contributed by atoms with Crippen molar-refractivity contribution in [1.82, 2.24) is 0 Å². The van der Waals surface area contributed by atoms with E-state index in [1.807, 2.05) is 0 Å². The fourth-order valence-electron chi connectivity index (χ4n) is 2.17. The second-order valence-corrected chi connectivity index (χ2v) is 4.86. The summed E-state index contributed by atoms with van der Waals surface area (Å²) in [5.41, 5.74) is 7.43. The molecule has 0 bridgehead atoms. The Balaban J connectivity index is 2.64. The molecule has 0 heterocycles. The van der Waals surface area contributed by atoms with Crippen LogP contribution in [0.4, 0.5) is 11.4 Å². The average molecular weight is 300 g/mol. The van der Waals surface area contributed by atoms with Crippen LogP contribution in [0.5, 0.6) is 5.75 Å². The second-order valence-electron chi connectivity index (χ2n) is 4.86. The number of anilines is 2. The quantitative estimate of drug-likeness (QED) is 0.675. The third-order valence-electron chi connectivity index (χ3n) is 3.29. The molecule has 2 rings (SSSR count). The van der Waals surface area contributed by atoms with Crippen LogP contribution in [-0.4, -0.2) is 24.6 Å². The summed E-state index contributed by atoms with van der Waals surface area (Å²) in [6.45, 7) is 3.08. The lowest BCUT2D eigenvalue weighted by Crippen LogP contribution is -2.33. The van der Waals surface area contributed by atoms with Crippen molar-refractivity contribution in [3.8, 4) is 5.75 Å². The number of aryl methyl sites for hydroxylation is 1. The highest BCUT2D eigenvalue weighted by molar-refractivity contribution is 6.22. The van der Waals surface area contributed by atoms with E-state index in [4.69, 9.17) is 10.5 Å². The number of amides is 1. The number of nitrogen functional groups attached to an aromatic ring is 1. The third-order valence-corrected chi connectivity index (χ3v) is 3.29. The van der Waals surface area contributed by atoms with Gasteiger partial charge in [0, 0.05) is 24.8 Å². The van der Waals surface area contributed by atoms with Gasteiger partial charge < -0.3 is 10.5 Å². The van der Waals surface area contributed by atoms with Crippen molar-refractivity contribution in [2.24, 2.45) is 0 Å². The van der Waals surface area contributed by atoms with Crippen molar-refractivity contribution in [3.05, 3.63) is 41.6 Å². The fraction of sp³-hybridized carbons (Fsp3) is 0.188. The fourth-order valence-corrected chi connectivity index (χ4v) is 2.17. The van der Waals surface area contributed by atoms with Gasteiger partial charge in [-0.05, 0) is 30.7 Å². The minimum absolute atomic E-state index is 0.0116. The number of nitrogens with zero attached hydrogens (tertiary/aromatic N) is 1. The molecular formula is C16H16N2O4. The van der Waals surface area contributed by atoms with Crippen LogP contribution in [0.3, 0.4) is 0 Å². The minimum Gasteiger partial charge on any atom is -0.494 e. The molecule has 0 aromatic heterocycles. The van der Waals surface area contributed by atoms with E-state index in [-0.39, 0.29) is 11.5 Å². The second kappa shape index (κ2) is 5.85.